The number of halogens is 4. The molecule has 7 nitrogen and oxygen atoms in total. The van der Waals surface area contributed by atoms with E-state index in [0.29, 0.717) is 31.6 Å². The van der Waals surface area contributed by atoms with Gasteiger partial charge in [0.15, 0.2) is 0 Å². The zero-order chi connectivity index (χ0) is 22.8. The first-order valence-corrected chi connectivity index (χ1v) is 11.4. The average Bonchev–Trinajstić information content (AvgIpc) is 2.70. The van der Waals surface area contributed by atoms with Crippen LogP contribution in [-0.4, -0.2) is 44.6 Å². The fourth-order valence-electron chi connectivity index (χ4n) is 3.71. The molecule has 0 unspecified atom stereocenters. The van der Waals surface area contributed by atoms with Gasteiger partial charge in [-0.1, -0.05) is 12.1 Å². The quantitative estimate of drug-likeness (QED) is 0.632. The zero-order valence-electron chi connectivity index (χ0n) is 18.0. The van der Waals surface area contributed by atoms with Crippen LogP contribution in [-0.2, 0) is 16.2 Å². The van der Waals surface area contributed by atoms with Gasteiger partial charge in [0.05, 0.1) is 10.5 Å². The molecule has 1 aromatic carbocycles. The highest BCUT2D eigenvalue weighted by atomic mass is 35.5. The molecule has 0 aliphatic heterocycles. The molecule has 12 heteroatoms. The fraction of sp³-hybridized carbons (Fsp3) is 0.500. The number of aryl methyl sites for hydroxylation is 1. The summed E-state index contributed by atoms with van der Waals surface area (Å²) in [6.45, 7) is 1.92. The minimum absolute atomic E-state index is 0. The van der Waals surface area contributed by atoms with Gasteiger partial charge in [0, 0.05) is 37.9 Å². The summed E-state index contributed by atoms with van der Waals surface area (Å²) >= 11 is 0. The van der Waals surface area contributed by atoms with Crippen molar-refractivity contribution in [3.05, 3.63) is 41.6 Å². The highest BCUT2D eigenvalue weighted by molar-refractivity contribution is 7.89. The fourth-order valence-corrected chi connectivity index (χ4v) is 5.24. The number of nitrogens with zero attached hydrogens (tertiary/aromatic N) is 3. The number of hydrogen-bond acceptors (Lipinski definition) is 6. The number of sulfonamides is 1. The predicted molar refractivity (Wildman–Crippen MR) is 120 cm³/mol. The average molecular weight is 494 g/mol. The van der Waals surface area contributed by atoms with Gasteiger partial charge in [-0.15, -0.1) is 12.4 Å². The lowest BCUT2D eigenvalue weighted by Crippen LogP contribution is -2.40. The molecule has 0 spiro atoms. The van der Waals surface area contributed by atoms with E-state index in [4.69, 9.17) is 0 Å². The molecule has 0 saturated heterocycles. The summed E-state index contributed by atoms with van der Waals surface area (Å²) < 4.78 is 67.3. The summed E-state index contributed by atoms with van der Waals surface area (Å²) in [7, 11) is -0.498. The Morgan fingerprint density at radius 3 is 2.25 bits per heavy atom. The van der Waals surface area contributed by atoms with Crippen molar-refractivity contribution in [2.75, 3.05) is 24.3 Å². The van der Waals surface area contributed by atoms with Crippen LogP contribution < -0.4 is 14.9 Å². The Bertz CT molecular complexity index is 1030. The Balaban J connectivity index is 0.00000363. The molecule has 1 aromatic heterocycles. The van der Waals surface area contributed by atoms with Crippen LogP contribution in [0.4, 0.5) is 24.9 Å². The van der Waals surface area contributed by atoms with Crippen molar-refractivity contribution in [1.29, 1.82) is 0 Å². The third kappa shape index (κ3) is 6.23. The number of hydrogen-bond donors (Lipinski definition) is 2. The first-order valence-electron chi connectivity index (χ1n) is 9.93. The van der Waals surface area contributed by atoms with Crippen molar-refractivity contribution in [3.8, 4) is 0 Å². The van der Waals surface area contributed by atoms with E-state index in [-0.39, 0.29) is 18.4 Å². The van der Waals surface area contributed by atoms with Gasteiger partial charge in [-0.3, -0.25) is 0 Å². The first-order chi connectivity index (χ1) is 14.5. The van der Waals surface area contributed by atoms with Crippen LogP contribution in [0.2, 0.25) is 0 Å². The lowest BCUT2D eigenvalue weighted by molar-refractivity contribution is -0.139. The minimum Gasteiger partial charge on any atom is -0.362 e. The van der Waals surface area contributed by atoms with E-state index >= 15 is 0 Å². The lowest BCUT2D eigenvalue weighted by atomic mass is 9.92. The van der Waals surface area contributed by atoms with Crippen molar-refractivity contribution in [1.82, 2.24) is 14.7 Å². The second-order valence-electron chi connectivity index (χ2n) is 7.90. The maximum Gasteiger partial charge on any atom is 0.417 e. The molecule has 32 heavy (non-hydrogen) atoms. The monoisotopic (exact) mass is 493 g/mol. The Morgan fingerprint density at radius 1 is 1.06 bits per heavy atom. The van der Waals surface area contributed by atoms with Crippen LogP contribution in [0.25, 0.3) is 0 Å². The maximum absolute atomic E-state index is 13.2. The van der Waals surface area contributed by atoms with Gasteiger partial charge >= 0.3 is 6.18 Å². The van der Waals surface area contributed by atoms with Crippen molar-refractivity contribution in [3.63, 3.8) is 0 Å². The van der Waals surface area contributed by atoms with Crippen molar-refractivity contribution < 1.29 is 21.6 Å². The smallest absolute Gasteiger partial charge is 0.362 e. The van der Waals surface area contributed by atoms with Gasteiger partial charge in [-0.25, -0.2) is 18.1 Å². The summed E-state index contributed by atoms with van der Waals surface area (Å²) in [6, 6.07) is 3.84. The molecular formula is C20H27ClF3N5O2S. The van der Waals surface area contributed by atoms with Crippen LogP contribution in [0.3, 0.4) is 0 Å². The molecule has 0 radical (unpaired) electrons. The molecule has 0 amide bonds. The van der Waals surface area contributed by atoms with E-state index in [0.717, 1.165) is 23.5 Å². The largest absolute Gasteiger partial charge is 0.417 e. The number of alkyl halides is 3. The maximum atomic E-state index is 13.2. The Morgan fingerprint density at radius 2 is 1.66 bits per heavy atom. The normalized spacial score (nSPS) is 19.2. The van der Waals surface area contributed by atoms with Gasteiger partial charge in [0.1, 0.15) is 5.82 Å². The van der Waals surface area contributed by atoms with E-state index in [1.165, 1.54) is 12.1 Å². The Hall–Kier alpha value is -2.11. The predicted octanol–water partition coefficient (Wildman–Crippen LogP) is 3.99. The molecule has 3 rings (SSSR count). The molecule has 2 N–H and O–H groups in total. The van der Waals surface area contributed by atoms with Crippen LogP contribution in [0.15, 0.2) is 35.4 Å². The van der Waals surface area contributed by atoms with E-state index in [9.17, 15) is 21.6 Å². The second kappa shape index (κ2) is 10.2. The van der Waals surface area contributed by atoms with E-state index < -0.39 is 32.7 Å². The second-order valence-corrected chi connectivity index (χ2v) is 9.59. The van der Waals surface area contributed by atoms with Crippen molar-refractivity contribution in [2.24, 2.45) is 0 Å². The topological polar surface area (TPSA) is 87.2 Å². The van der Waals surface area contributed by atoms with Crippen LogP contribution in [0.5, 0.6) is 0 Å². The van der Waals surface area contributed by atoms with Gasteiger partial charge in [0.25, 0.3) is 0 Å². The summed E-state index contributed by atoms with van der Waals surface area (Å²) in [6.07, 6.45) is -0.727. The van der Waals surface area contributed by atoms with E-state index in [1.54, 1.807) is 6.20 Å². The number of rotatable bonds is 6. The summed E-state index contributed by atoms with van der Waals surface area (Å²) in [4.78, 5) is 9.95. The number of aromatic nitrogens is 2. The lowest BCUT2D eigenvalue weighted by Gasteiger charge is -2.30. The summed E-state index contributed by atoms with van der Waals surface area (Å²) in [5, 5.41) is 3.27. The third-order valence-corrected chi connectivity index (χ3v) is 6.81. The molecule has 1 aliphatic carbocycles. The van der Waals surface area contributed by atoms with Gasteiger partial charge in [0.2, 0.25) is 16.0 Å². The SMILES string of the molecule is Cc1cnc(N[C@H]2CC[C@@H](NS(=O)(=O)c3ccccc3C(F)(F)F)CC2)nc1N(C)C.Cl. The molecule has 178 valence electrons. The third-order valence-electron chi connectivity index (χ3n) is 5.23. The van der Waals surface area contributed by atoms with E-state index in [2.05, 4.69) is 20.0 Å². The highest BCUT2D eigenvalue weighted by Gasteiger charge is 2.37. The van der Waals surface area contributed by atoms with Crippen molar-refractivity contribution >= 4 is 34.2 Å². The minimum atomic E-state index is -4.74. The van der Waals surface area contributed by atoms with Gasteiger partial charge in [-0.2, -0.15) is 18.2 Å². The molecule has 0 bridgehead atoms. The zero-order valence-corrected chi connectivity index (χ0v) is 19.6. The molecule has 1 heterocycles. The molecule has 1 saturated carbocycles. The summed E-state index contributed by atoms with van der Waals surface area (Å²) in [5.41, 5.74) is -0.209. The summed E-state index contributed by atoms with van der Waals surface area (Å²) in [5.74, 6) is 1.31. The number of nitrogens with one attached hydrogen (secondary N) is 2. The van der Waals surface area contributed by atoms with Crippen LogP contribution >= 0.6 is 12.4 Å². The van der Waals surface area contributed by atoms with Crippen molar-refractivity contribution in [2.45, 2.75) is 55.8 Å². The Labute approximate surface area is 192 Å². The standard InChI is InChI=1S/C20H26F3N5O2S.ClH/c1-13-12-24-19(26-18(13)28(2)3)25-14-8-10-15(11-9-14)27-31(29,30)17-7-5-4-6-16(17)20(21,22)23;/h4-7,12,14-15,27H,8-11H2,1-3H3,(H,24,25,26);1H/t14-,15+;. The number of anilines is 2. The van der Waals surface area contributed by atoms with Crippen LogP contribution in [0, 0.1) is 6.92 Å². The molecule has 2 aromatic rings. The van der Waals surface area contributed by atoms with Crippen LogP contribution in [0.1, 0.15) is 36.8 Å². The van der Waals surface area contributed by atoms with Gasteiger partial charge in [-0.05, 0) is 44.7 Å². The first kappa shape index (κ1) is 26.1. The molecular weight excluding hydrogens is 467 g/mol. The molecule has 1 aliphatic rings. The highest BCUT2D eigenvalue weighted by Crippen LogP contribution is 2.34. The molecule has 1 fully saturated rings. The Kier molecular flexibility index (Phi) is 8.35. The molecule has 0 atom stereocenters. The van der Waals surface area contributed by atoms with Gasteiger partial charge < -0.3 is 10.2 Å². The number of benzene rings is 1. The van der Waals surface area contributed by atoms with E-state index in [1.807, 2.05) is 25.9 Å².